The first kappa shape index (κ1) is 19.7. The largest absolute Gasteiger partial charge is 0.481 e. The lowest BCUT2D eigenvalue weighted by atomic mass is 10.1. The molecule has 0 saturated heterocycles. The highest BCUT2D eigenvalue weighted by atomic mass is 35.5. The molecule has 2 amide bonds. The van der Waals surface area contributed by atoms with Crippen LogP contribution in [0.2, 0.25) is 5.02 Å². The van der Waals surface area contributed by atoms with Gasteiger partial charge in [0.05, 0.1) is 0 Å². The first-order valence-electron chi connectivity index (χ1n) is 8.05. The number of ether oxygens (including phenoxy) is 1. The Hall–Kier alpha value is -2.60. The summed E-state index contributed by atoms with van der Waals surface area (Å²) in [6.45, 7) is 1.44. The van der Waals surface area contributed by atoms with Crippen molar-refractivity contribution in [1.29, 1.82) is 0 Å². The Morgan fingerprint density at radius 3 is 2.46 bits per heavy atom. The van der Waals surface area contributed by atoms with Gasteiger partial charge >= 0.3 is 0 Å². The first-order valence-corrected chi connectivity index (χ1v) is 8.43. The Morgan fingerprint density at radius 1 is 1.19 bits per heavy atom. The molecule has 0 aliphatic heterocycles. The van der Waals surface area contributed by atoms with Crippen molar-refractivity contribution in [3.05, 3.63) is 64.9 Å². The number of carbonyl (C=O) groups is 2. The normalized spacial score (nSPS) is 11.5. The third-order valence-corrected chi connectivity index (χ3v) is 4.12. The zero-order chi connectivity index (χ0) is 19.1. The Bertz CT molecular complexity index is 768. The number of hydrogen-bond acceptors (Lipinski definition) is 3. The summed E-state index contributed by atoms with van der Waals surface area (Å²) in [5.74, 6) is -1.30. The van der Waals surface area contributed by atoms with E-state index in [0.29, 0.717) is 5.02 Å². The summed E-state index contributed by atoms with van der Waals surface area (Å²) in [5, 5.41) is 3.10. The zero-order valence-corrected chi connectivity index (χ0v) is 15.3. The van der Waals surface area contributed by atoms with Gasteiger partial charge < -0.3 is 15.0 Å². The van der Waals surface area contributed by atoms with Crippen molar-refractivity contribution in [3.63, 3.8) is 0 Å². The van der Waals surface area contributed by atoms with Gasteiger partial charge in [-0.3, -0.25) is 9.59 Å². The number of rotatable bonds is 7. The zero-order valence-electron chi connectivity index (χ0n) is 14.5. The van der Waals surface area contributed by atoms with Gasteiger partial charge in [-0.05, 0) is 36.8 Å². The highest BCUT2D eigenvalue weighted by Gasteiger charge is 2.26. The molecule has 0 aliphatic rings. The maximum atomic E-state index is 13.6. The number of amides is 2. The number of hydrogen-bond donors (Lipinski definition) is 1. The predicted octanol–water partition coefficient (Wildman–Crippen LogP) is 3.02. The molecule has 7 heteroatoms. The van der Waals surface area contributed by atoms with E-state index in [1.807, 2.05) is 0 Å². The van der Waals surface area contributed by atoms with Crippen LogP contribution in [0, 0.1) is 5.82 Å². The molecule has 2 rings (SSSR count). The fourth-order valence-corrected chi connectivity index (χ4v) is 2.49. The topological polar surface area (TPSA) is 58.6 Å². The fraction of sp³-hybridized carbons (Fsp3) is 0.263. The van der Waals surface area contributed by atoms with Crippen molar-refractivity contribution in [3.8, 4) is 5.75 Å². The molecule has 26 heavy (non-hydrogen) atoms. The van der Waals surface area contributed by atoms with E-state index in [2.05, 4.69) is 5.32 Å². The van der Waals surface area contributed by atoms with E-state index >= 15 is 0 Å². The molecule has 0 heterocycles. The minimum absolute atomic E-state index is 0.0140. The molecule has 0 radical (unpaired) electrons. The van der Waals surface area contributed by atoms with Gasteiger partial charge in [0.25, 0.3) is 5.91 Å². The molecule has 0 unspecified atom stereocenters. The second-order valence-corrected chi connectivity index (χ2v) is 6.09. The van der Waals surface area contributed by atoms with E-state index in [0.717, 1.165) is 5.56 Å². The number of para-hydroxylation sites is 1. The van der Waals surface area contributed by atoms with Crippen molar-refractivity contribution in [1.82, 2.24) is 10.2 Å². The van der Waals surface area contributed by atoms with Gasteiger partial charge in [-0.2, -0.15) is 0 Å². The molecule has 5 nitrogen and oxygen atoms in total. The van der Waals surface area contributed by atoms with Crippen LogP contribution in [0.25, 0.3) is 0 Å². The van der Waals surface area contributed by atoms with E-state index in [1.165, 1.54) is 30.1 Å². The quantitative estimate of drug-likeness (QED) is 0.805. The molecule has 0 aromatic heterocycles. The van der Waals surface area contributed by atoms with Crippen LogP contribution >= 0.6 is 11.6 Å². The van der Waals surface area contributed by atoms with Crippen LogP contribution in [0.15, 0.2) is 48.5 Å². The van der Waals surface area contributed by atoms with Gasteiger partial charge in [0.15, 0.2) is 18.2 Å². The number of carbonyl (C=O) groups excluding carboxylic acids is 2. The van der Waals surface area contributed by atoms with Crippen molar-refractivity contribution in [2.45, 2.75) is 19.5 Å². The summed E-state index contributed by atoms with van der Waals surface area (Å²) < 4.78 is 18.9. The summed E-state index contributed by atoms with van der Waals surface area (Å²) in [6, 6.07) is 12.1. The summed E-state index contributed by atoms with van der Waals surface area (Å²) in [5.41, 5.74) is 0.810. The average Bonchev–Trinajstić information content (AvgIpc) is 2.65. The maximum Gasteiger partial charge on any atom is 0.261 e. The third-order valence-electron chi connectivity index (χ3n) is 3.87. The summed E-state index contributed by atoms with van der Waals surface area (Å²) in [7, 11) is 1.50. The van der Waals surface area contributed by atoms with Crippen molar-refractivity contribution < 1.29 is 18.7 Å². The molecule has 2 aromatic carbocycles. The summed E-state index contributed by atoms with van der Waals surface area (Å²) in [6.07, 6.45) is 0. The smallest absolute Gasteiger partial charge is 0.261 e. The monoisotopic (exact) mass is 378 g/mol. The minimum atomic E-state index is -0.715. The van der Waals surface area contributed by atoms with Crippen LogP contribution in [0.1, 0.15) is 12.5 Å². The van der Waals surface area contributed by atoms with Crippen LogP contribution in [-0.2, 0) is 16.1 Å². The summed E-state index contributed by atoms with van der Waals surface area (Å²) >= 11 is 5.88. The van der Waals surface area contributed by atoms with Crippen LogP contribution in [0.3, 0.4) is 0 Å². The second kappa shape index (κ2) is 9.20. The fourth-order valence-electron chi connectivity index (χ4n) is 2.36. The molecular weight excluding hydrogens is 359 g/mol. The maximum absolute atomic E-state index is 13.6. The van der Waals surface area contributed by atoms with Crippen molar-refractivity contribution in [2.24, 2.45) is 0 Å². The van der Waals surface area contributed by atoms with E-state index in [4.69, 9.17) is 16.3 Å². The van der Waals surface area contributed by atoms with Gasteiger partial charge in [-0.1, -0.05) is 35.9 Å². The highest BCUT2D eigenvalue weighted by Crippen LogP contribution is 2.17. The van der Waals surface area contributed by atoms with Crippen molar-refractivity contribution in [2.75, 3.05) is 13.7 Å². The van der Waals surface area contributed by atoms with E-state index in [-0.39, 0.29) is 24.8 Å². The SMILES string of the molecule is CNC(=O)[C@@H](C)N(Cc1ccc(Cl)cc1)C(=O)COc1ccccc1F. The van der Waals surface area contributed by atoms with Crippen LogP contribution < -0.4 is 10.1 Å². The molecule has 0 bridgehead atoms. The summed E-state index contributed by atoms with van der Waals surface area (Å²) in [4.78, 5) is 26.0. The van der Waals surface area contributed by atoms with Crippen LogP contribution in [0.5, 0.6) is 5.75 Å². The number of nitrogens with one attached hydrogen (secondary N) is 1. The van der Waals surface area contributed by atoms with Crippen molar-refractivity contribution >= 4 is 23.4 Å². The van der Waals surface area contributed by atoms with E-state index in [1.54, 1.807) is 37.3 Å². The number of halogens is 2. The van der Waals surface area contributed by atoms with Gasteiger partial charge in [-0.25, -0.2) is 4.39 Å². The van der Waals surface area contributed by atoms with Gasteiger partial charge in [0.2, 0.25) is 5.91 Å². The Kier molecular flexibility index (Phi) is 6.97. The van der Waals surface area contributed by atoms with Crippen LogP contribution in [0.4, 0.5) is 4.39 Å². The number of nitrogens with zero attached hydrogens (tertiary/aromatic N) is 1. The minimum Gasteiger partial charge on any atom is -0.481 e. The first-order chi connectivity index (χ1) is 12.4. The highest BCUT2D eigenvalue weighted by molar-refractivity contribution is 6.30. The lowest BCUT2D eigenvalue weighted by Gasteiger charge is -2.28. The molecular formula is C19H20ClFN2O3. The predicted molar refractivity (Wildman–Crippen MR) is 97.4 cm³/mol. The average molecular weight is 379 g/mol. The molecule has 2 aromatic rings. The molecule has 1 N–H and O–H groups in total. The van der Waals surface area contributed by atoms with E-state index < -0.39 is 17.8 Å². The lowest BCUT2D eigenvalue weighted by Crippen LogP contribution is -2.48. The second-order valence-electron chi connectivity index (χ2n) is 5.66. The molecule has 0 spiro atoms. The number of likely N-dealkylation sites (N-methyl/N-ethyl adjacent to an activating group) is 1. The standard InChI is InChI=1S/C19H20ClFN2O3/c1-13(19(25)22-2)23(11-14-7-9-15(20)10-8-14)18(24)12-26-17-6-4-3-5-16(17)21/h3-10,13H,11-12H2,1-2H3,(H,22,25)/t13-/m1/s1. The van der Waals surface area contributed by atoms with Crippen LogP contribution in [-0.4, -0.2) is 36.4 Å². The molecule has 0 fully saturated rings. The van der Waals surface area contributed by atoms with Gasteiger partial charge in [0.1, 0.15) is 6.04 Å². The van der Waals surface area contributed by atoms with Gasteiger partial charge in [-0.15, -0.1) is 0 Å². The molecule has 1 atom stereocenters. The van der Waals surface area contributed by atoms with Gasteiger partial charge in [0, 0.05) is 18.6 Å². The molecule has 0 aliphatic carbocycles. The lowest BCUT2D eigenvalue weighted by molar-refractivity contribution is -0.142. The molecule has 138 valence electrons. The number of benzene rings is 2. The Labute approximate surface area is 156 Å². The Morgan fingerprint density at radius 2 is 1.85 bits per heavy atom. The van der Waals surface area contributed by atoms with E-state index in [9.17, 15) is 14.0 Å². The Balaban J connectivity index is 2.13. The third kappa shape index (κ3) is 5.20. The molecule has 0 saturated carbocycles.